The van der Waals surface area contributed by atoms with E-state index < -0.39 is 17.5 Å². The number of benzene rings is 1. The molecule has 0 radical (unpaired) electrons. The number of imide groups is 1. The van der Waals surface area contributed by atoms with E-state index in [2.05, 4.69) is 5.16 Å². The molecule has 0 aromatic heterocycles. The smallest absolute Gasteiger partial charge is 0.291 e. The minimum atomic E-state index is -1.07. The number of nitriles is 1. The van der Waals surface area contributed by atoms with Gasteiger partial charge in [0.05, 0.1) is 0 Å². The van der Waals surface area contributed by atoms with E-state index in [1.807, 2.05) is 5.32 Å². The van der Waals surface area contributed by atoms with Crippen LogP contribution >= 0.6 is 11.6 Å². The first kappa shape index (κ1) is 12.7. The fraction of sp³-hybridized carbons (Fsp3) is 0. The Kier molecular flexibility index (Phi) is 4.20. The van der Waals surface area contributed by atoms with Gasteiger partial charge in [-0.05, 0) is 24.3 Å². The van der Waals surface area contributed by atoms with Gasteiger partial charge in [0, 0.05) is 10.6 Å². The molecule has 0 spiro atoms. The van der Waals surface area contributed by atoms with E-state index >= 15 is 0 Å². The molecule has 0 unspecified atom stereocenters. The summed E-state index contributed by atoms with van der Waals surface area (Å²) >= 11 is 5.62. The molecule has 0 saturated heterocycles. The molecule has 0 atom stereocenters. The maximum absolute atomic E-state index is 11.5. The molecule has 6 nitrogen and oxygen atoms in total. The van der Waals surface area contributed by atoms with Crippen molar-refractivity contribution < 1.29 is 14.8 Å². The van der Waals surface area contributed by atoms with Crippen LogP contribution in [0, 0.1) is 11.3 Å². The predicted molar refractivity (Wildman–Crippen MR) is 58.8 cm³/mol. The lowest BCUT2D eigenvalue weighted by Gasteiger charge is -2.01. The van der Waals surface area contributed by atoms with Crippen molar-refractivity contribution in [1.82, 2.24) is 5.32 Å². The Hall–Kier alpha value is -2.39. The molecule has 17 heavy (non-hydrogen) atoms. The number of hydrogen-bond acceptors (Lipinski definition) is 5. The Labute approximate surface area is 101 Å². The van der Waals surface area contributed by atoms with Gasteiger partial charge in [0.1, 0.15) is 6.07 Å². The Morgan fingerprint density at radius 1 is 1.35 bits per heavy atom. The van der Waals surface area contributed by atoms with Crippen LogP contribution in [0.25, 0.3) is 0 Å². The van der Waals surface area contributed by atoms with Crippen LogP contribution in [0.1, 0.15) is 10.4 Å². The SMILES string of the molecule is N#C/C(=N/O)C(=O)NC(=O)c1ccc(Cl)cc1. The highest BCUT2D eigenvalue weighted by Crippen LogP contribution is 2.09. The summed E-state index contributed by atoms with van der Waals surface area (Å²) in [5, 5.41) is 21.4. The second-order valence-corrected chi connectivity index (χ2v) is 3.29. The summed E-state index contributed by atoms with van der Waals surface area (Å²) in [6.45, 7) is 0. The van der Waals surface area contributed by atoms with E-state index in [1.165, 1.54) is 30.3 Å². The average molecular weight is 252 g/mol. The van der Waals surface area contributed by atoms with Crippen molar-refractivity contribution in [2.45, 2.75) is 0 Å². The van der Waals surface area contributed by atoms with Gasteiger partial charge in [0.2, 0.25) is 5.71 Å². The molecule has 2 amide bonds. The maximum Gasteiger partial charge on any atom is 0.291 e. The van der Waals surface area contributed by atoms with Crippen molar-refractivity contribution in [2.24, 2.45) is 5.16 Å². The molecule has 86 valence electrons. The van der Waals surface area contributed by atoms with Crippen molar-refractivity contribution in [2.75, 3.05) is 0 Å². The first-order valence-electron chi connectivity index (χ1n) is 4.32. The molecule has 0 bridgehead atoms. The first-order chi connectivity index (χ1) is 8.08. The lowest BCUT2D eigenvalue weighted by atomic mass is 10.2. The minimum absolute atomic E-state index is 0.193. The molecule has 1 rings (SSSR count). The monoisotopic (exact) mass is 251 g/mol. The quantitative estimate of drug-likeness (QED) is 0.464. The number of rotatable bonds is 2. The number of oxime groups is 1. The van der Waals surface area contributed by atoms with Crippen LogP contribution in [0.5, 0.6) is 0 Å². The fourth-order valence-electron chi connectivity index (χ4n) is 0.954. The van der Waals surface area contributed by atoms with Crippen LogP contribution in [-0.2, 0) is 4.79 Å². The normalized spacial score (nSPS) is 10.5. The van der Waals surface area contributed by atoms with Crippen LogP contribution in [-0.4, -0.2) is 22.7 Å². The fourth-order valence-corrected chi connectivity index (χ4v) is 1.08. The molecular formula is C10H6ClN3O3. The zero-order chi connectivity index (χ0) is 12.8. The standard InChI is InChI=1S/C10H6ClN3O3/c11-7-3-1-6(2-4-7)9(15)13-10(16)8(5-12)14-17/h1-4,17H,(H,13,15,16)/b14-8-. The summed E-state index contributed by atoms with van der Waals surface area (Å²) in [5.74, 6) is -1.79. The second-order valence-electron chi connectivity index (χ2n) is 2.85. The summed E-state index contributed by atoms with van der Waals surface area (Å²) in [6.07, 6.45) is 0. The molecule has 7 heteroatoms. The predicted octanol–water partition coefficient (Wildman–Crippen LogP) is 0.950. The zero-order valence-electron chi connectivity index (χ0n) is 8.35. The molecule has 0 aliphatic carbocycles. The van der Waals surface area contributed by atoms with Gasteiger partial charge in [-0.1, -0.05) is 16.8 Å². The summed E-state index contributed by atoms with van der Waals surface area (Å²) in [7, 11) is 0. The Balaban J connectivity index is 2.77. The largest absolute Gasteiger partial charge is 0.410 e. The number of halogens is 1. The van der Waals surface area contributed by atoms with Gasteiger partial charge in [-0.25, -0.2) is 0 Å². The summed E-state index contributed by atoms with van der Waals surface area (Å²) in [5.41, 5.74) is -0.606. The Morgan fingerprint density at radius 2 is 1.94 bits per heavy atom. The highest BCUT2D eigenvalue weighted by molar-refractivity contribution is 6.47. The Bertz CT molecular complexity index is 517. The lowest BCUT2D eigenvalue weighted by molar-refractivity contribution is -0.113. The van der Waals surface area contributed by atoms with E-state index in [9.17, 15) is 9.59 Å². The van der Waals surface area contributed by atoms with E-state index in [4.69, 9.17) is 22.1 Å². The molecule has 0 aliphatic heterocycles. The number of nitrogens with zero attached hydrogens (tertiary/aromatic N) is 2. The zero-order valence-corrected chi connectivity index (χ0v) is 9.10. The van der Waals surface area contributed by atoms with Crippen molar-refractivity contribution >= 4 is 29.1 Å². The third kappa shape index (κ3) is 3.29. The van der Waals surface area contributed by atoms with Crippen LogP contribution in [0.3, 0.4) is 0 Å². The van der Waals surface area contributed by atoms with Crippen LogP contribution in [0.4, 0.5) is 0 Å². The molecular weight excluding hydrogens is 246 g/mol. The minimum Gasteiger partial charge on any atom is -0.410 e. The topological polar surface area (TPSA) is 103 Å². The van der Waals surface area contributed by atoms with Gasteiger partial charge in [-0.15, -0.1) is 0 Å². The third-order valence-electron chi connectivity index (χ3n) is 1.75. The number of carbonyl (C=O) groups excluding carboxylic acids is 2. The molecule has 0 fully saturated rings. The lowest BCUT2D eigenvalue weighted by Crippen LogP contribution is -2.35. The number of nitrogens with one attached hydrogen (secondary N) is 1. The molecule has 1 aromatic carbocycles. The molecule has 0 heterocycles. The first-order valence-corrected chi connectivity index (χ1v) is 4.69. The van der Waals surface area contributed by atoms with Gasteiger partial charge < -0.3 is 5.21 Å². The van der Waals surface area contributed by atoms with Crippen LogP contribution in [0.2, 0.25) is 5.02 Å². The summed E-state index contributed by atoms with van der Waals surface area (Å²) in [6, 6.07) is 7.11. The molecule has 1 aromatic rings. The Morgan fingerprint density at radius 3 is 2.41 bits per heavy atom. The molecule has 0 aliphatic rings. The van der Waals surface area contributed by atoms with Crippen LogP contribution < -0.4 is 5.32 Å². The third-order valence-corrected chi connectivity index (χ3v) is 2.01. The van der Waals surface area contributed by atoms with Crippen molar-refractivity contribution in [3.8, 4) is 6.07 Å². The molecule has 0 saturated carbocycles. The average Bonchev–Trinajstić information content (AvgIpc) is 2.31. The van der Waals surface area contributed by atoms with Crippen molar-refractivity contribution in [1.29, 1.82) is 5.26 Å². The van der Waals surface area contributed by atoms with Crippen LogP contribution in [0.15, 0.2) is 29.4 Å². The highest BCUT2D eigenvalue weighted by atomic mass is 35.5. The number of hydrogen-bond donors (Lipinski definition) is 2. The van der Waals surface area contributed by atoms with Crippen molar-refractivity contribution in [3.05, 3.63) is 34.9 Å². The maximum atomic E-state index is 11.5. The van der Waals surface area contributed by atoms with Gasteiger partial charge in [0.25, 0.3) is 11.8 Å². The highest BCUT2D eigenvalue weighted by Gasteiger charge is 2.15. The van der Waals surface area contributed by atoms with E-state index in [0.717, 1.165) is 0 Å². The summed E-state index contributed by atoms with van der Waals surface area (Å²) < 4.78 is 0. The number of amides is 2. The van der Waals surface area contributed by atoms with Gasteiger partial charge in [-0.2, -0.15) is 5.26 Å². The van der Waals surface area contributed by atoms with Gasteiger partial charge >= 0.3 is 0 Å². The van der Waals surface area contributed by atoms with E-state index in [1.54, 1.807) is 0 Å². The van der Waals surface area contributed by atoms with E-state index in [-0.39, 0.29) is 5.56 Å². The van der Waals surface area contributed by atoms with Crippen molar-refractivity contribution in [3.63, 3.8) is 0 Å². The van der Waals surface area contributed by atoms with Gasteiger partial charge in [-0.3, -0.25) is 14.9 Å². The molecule has 2 N–H and O–H groups in total. The summed E-state index contributed by atoms with van der Waals surface area (Å²) in [4.78, 5) is 22.7. The van der Waals surface area contributed by atoms with Gasteiger partial charge in [0.15, 0.2) is 0 Å². The number of carbonyl (C=O) groups is 2. The second kappa shape index (κ2) is 5.63. The van der Waals surface area contributed by atoms with E-state index in [0.29, 0.717) is 5.02 Å².